The second kappa shape index (κ2) is 5.75. The Bertz CT molecular complexity index is 580. The lowest BCUT2D eigenvalue weighted by atomic mass is 10.1. The lowest BCUT2D eigenvalue weighted by Crippen LogP contribution is -2.11. The number of nitrogen functional groups attached to an aromatic ring is 1. The molecule has 0 amide bonds. The lowest BCUT2D eigenvalue weighted by Gasteiger charge is -2.03. The molecule has 0 atom stereocenters. The number of methoxy groups -OCH3 is 1. The van der Waals surface area contributed by atoms with Crippen LogP contribution in [0.1, 0.15) is 21.7 Å². The average molecular weight is 278 g/mol. The molecule has 7 heteroatoms. The predicted octanol–water partition coefficient (Wildman–Crippen LogP) is 1.38. The van der Waals surface area contributed by atoms with Crippen LogP contribution in [0.2, 0.25) is 0 Å². The Balaban J connectivity index is 2.00. The second-order valence-electron chi connectivity index (χ2n) is 3.88. The van der Waals surface area contributed by atoms with Gasteiger partial charge in [0.2, 0.25) is 5.16 Å². The molecule has 1 aromatic carbocycles. The van der Waals surface area contributed by atoms with Crippen LogP contribution in [0.4, 0.5) is 0 Å². The minimum atomic E-state index is -0.337. The van der Waals surface area contributed by atoms with Gasteiger partial charge in [-0.15, -0.1) is 10.2 Å². The Labute approximate surface area is 114 Å². The molecule has 0 unspecified atom stereocenters. The fourth-order valence-electron chi connectivity index (χ4n) is 1.45. The number of aryl methyl sites for hydroxylation is 1. The first-order chi connectivity index (χ1) is 9.11. The SMILES string of the molecule is COC(=O)c1ccc(CSc2nnc(C)n2N)cc1. The van der Waals surface area contributed by atoms with Crippen molar-refractivity contribution in [2.24, 2.45) is 0 Å². The summed E-state index contributed by atoms with van der Waals surface area (Å²) in [4.78, 5) is 11.3. The van der Waals surface area contributed by atoms with Crippen molar-refractivity contribution in [1.82, 2.24) is 14.9 Å². The molecule has 0 radical (unpaired) electrons. The van der Waals surface area contributed by atoms with Gasteiger partial charge in [-0.2, -0.15) is 0 Å². The van der Waals surface area contributed by atoms with E-state index >= 15 is 0 Å². The molecular weight excluding hydrogens is 264 g/mol. The number of nitrogens with zero attached hydrogens (tertiary/aromatic N) is 3. The van der Waals surface area contributed by atoms with Crippen molar-refractivity contribution in [2.45, 2.75) is 17.8 Å². The molecule has 0 saturated carbocycles. The molecule has 0 aliphatic carbocycles. The fraction of sp³-hybridized carbons (Fsp3) is 0.250. The molecule has 2 aromatic rings. The Morgan fingerprint density at radius 2 is 2.05 bits per heavy atom. The maximum absolute atomic E-state index is 11.3. The Hall–Kier alpha value is -2.02. The monoisotopic (exact) mass is 278 g/mol. The van der Waals surface area contributed by atoms with Crippen LogP contribution in [0.25, 0.3) is 0 Å². The molecule has 0 bridgehead atoms. The number of nitrogens with two attached hydrogens (primary N) is 1. The molecule has 0 saturated heterocycles. The van der Waals surface area contributed by atoms with Crippen molar-refractivity contribution in [3.63, 3.8) is 0 Å². The number of carbonyl (C=O) groups excluding carboxylic acids is 1. The van der Waals surface area contributed by atoms with Crippen molar-refractivity contribution >= 4 is 17.7 Å². The summed E-state index contributed by atoms with van der Waals surface area (Å²) < 4.78 is 6.09. The number of hydrogen-bond acceptors (Lipinski definition) is 6. The van der Waals surface area contributed by atoms with E-state index in [9.17, 15) is 4.79 Å². The molecule has 6 nitrogen and oxygen atoms in total. The van der Waals surface area contributed by atoms with E-state index in [1.54, 1.807) is 19.1 Å². The van der Waals surface area contributed by atoms with Crippen LogP contribution >= 0.6 is 11.8 Å². The van der Waals surface area contributed by atoms with E-state index in [-0.39, 0.29) is 5.97 Å². The van der Waals surface area contributed by atoms with Crippen LogP contribution in [0.15, 0.2) is 29.4 Å². The van der Waals surface area contributed by atoms with Gasteiger partial charge in [0.1, 0.15) is 5.82 Å². The number of hydrogen-bond donors (Lipinski definition) is 1. The molecule has 0 fully saturated rings. The summed E-state index contributed by atoms with van der Waals surface area (Å²) in [6, 6.07) is 7.23. The zero-order valence-corrected chi connectivity index (χ0v) is 11.5. The maximum atomic E-state index is 11.3. The zero-order valence-electron chi connectivity index (χ0n) is 10.7. The van der Waals surface area contributed by atoms with Gasteiger partial charge in [0.25, 0.3) is 0 Å². The largest absolute Gasteiger partial charge is 0.465 e. The van der Waals surface area contributed by atoms with Crippen LogP contribution in [0.5, 0.6) is 0 Å². The fourth-order valence-corrected chi connectivity index (χ4v) is 2.31. The molecule has 2 N–H and O–H groups in total. The number of esters is 1. The van der Waals surface area contributed by atoms with Crippen LogP contribution in [-0.4, -0.2) is 28.0 Å². The Morgan fingerprint density at radius 3 is 2.58 bits per heavy atom. The van der Waals surface area contributed by atoms with Crippen molar-refractivity contribution in [1.29, 1.82) is 0 Å². The summed E-state index contributed by atoms with van der Waals surface area (Å²) in [5, 5.41) is 8.51. The smallest absolute Gasteiger partial charge is 0.337 e. The Morgan fingerprint density at radius 1 is 1.37 bits per heavy atom. The Kier molecular flexibility index (Phi) is 4.06. The van der Waals surface area contributed by atoms with E-state index in [1.807, 2.05) is 12.1 Å². The summed E-state index contributed by atoms with van der Waals surface area (Å²) in [6.07, 6.45) is 0. The third-order valence-corrected chi connectivity index (χ3v) is 3.59. The zero-order chi connectivity index (χ0) is 13.8. The molecule has 1 heterocycles. The van der Waals surface area contributed by atoms with E-state index in [4.69, 9.17) is 5.84 Å². The maximum Gasteiger partial charge on any atom is 0.337 e. The molecule has 100 valence electrons. The number of benzene rings is 1. The predicted molar refractivity (Wildman–Crippen MR) is 72.3 cm³/mol. The highest BCUT2D eigenvalue weighted by molar-refractivity contribution is 7.98. The number of thioether (sulfide) groups is 1. The van der Waals surface area contributed by atoms with E-state index in [0.717, 1.165) is 5.56 Å². The van der Waals surface area contributed by atoms with E-state index in [1.165, 1.54) is 23.5 Å². The molecule has 19 heavy (non-hydrogen) atoms. The highest BCUT2D eigenvalue weighted by Gasteiger charge is 2.08. The summed E-state index contributed by atoms with van der Waals surface area (Å²) in [6.45, 7) is 1.79. The molecule has 1 aromatic heterocycles. The van der Waals surface area contributed by atoms with Crippen LogP contribution < -0.4 is 5.84 Å². The van der Waals surface area contributed by atoms with Crippen molar-refractivity contribution < 1.29 is 9.53 Å². The van der Waals surface area contributed by atoms with E-state index in [2.05, 4.69) is 14.9 Å². The first kappa shape index (κ1) is 13.4. The number of aromatic nitrogens is 3. The quantitative estimate of drug-likeness (QED) is 0.517. The highest BCUT2D eigenvalue weighted by Crippen LogP contribution is 2.20. The van der Waals surface area contributed by atoms with E-state index < -0.39 is 0 Å². The van der Waals surface area contributed by atoms with Gasteiger partial charge in [0.15, 0.2) is 0 Å². The molecule has 0 spiro atoms. The normalized spacial score (nSPS) is 10.4. The van der Waals surface area contributed by atoms with Gasteiger partial charge in [-0.3, -0.25) is 0 Å². The van der Waals surface area contributed by atoms with E-state index in [0.29, 0.717) is 22.3 Å². The second-order valence-corrected chi connectivity index (χ2v) is 4.82. The number of ether oxygens (including phenoxy) is 1. The van der Waals surface area contributed by atoms with Gasteiger partial charge in [-0.25, -0.2) is 9.47 Å². The lowest BCUT2D eigenvalue weighted by molar-refractivity contribution is 0.0600. The number of carbonyl (C=O) groups is 1. The van der Waals surface area contributed by atoms with Crippen LogP contribution in [0.3, 0.4) is 0 Å². The average Bonchev–Trinajstić information content (AvgIpc) is 2.76. The van der Waals surface area contributed by atoms with Crippen LogP contribution in [-0.2, 0) is 10.5 Å². The summed E-state index contributed by atoms with van der Waals surface area (Å²) in [5.74, 6) is 6.80. The first-order valence-corrected chi connectivity index (χ1v) is 6.57. The standard InChI is InChI=1S/C12H14N4O2S/c1-8-14-15-12(16(8)13)19-7-9-3-5-10(6-4-9)11(17)18-2/h3-6H,7,13H2,1-2H3. The summed E-state index contributed by atoms with van der Waals surface area (Å²) >= 11 is 1.49. The van der Waals surface area contributed by atoms with Gasteiger partial charge in [0, 0.05) is 5.75 Å². The highest BCUT2D eigenvalue weighted by atomic mass is 32.2. The first-order valence-electron chi connectivity index (χ1n) is 5.59. The van der Waals surface area contributed by atoms with Gasteiger partial charge in [0.05, 0.1) is 12.7 Å². The summed E-state index contributed by atoms with van der Waals surface area (Å²) in [7, 11) is 1.36. The van der Waals surface area contributed by atoms with Gasteiger partial charge >= 0.3 is 5.97 Å². The van der Waals surface area contributed by atoms with Crippen molar-refractivity contribution in [3.05, 3.63) is 41.2 Å². The molecule has 2 rings (SSSR count). The minimum Gasteiger partial charge on any atom is -0.465 e. The molecule has 0 aliphatic rings. The topological polar surface area (TPSA) is 83.0 Å². The van der Waals surface area contributed by atoms with Gasteiger partial charge < -0.3 is 10.6 Å². The minimum absolute atomic E-state index is 0.337. The van der Waals surface area contributed by atoms with Gasteiger partial charge in [-0.1, -0.05) is 23.9 Å². The molecular formula is C12H14N4O2S. The van der Waals surface area contributed by atoms with Crippen molar-refractivity contribution in [3.8, 4) is 0 Å². The third kappa shape index (κ3) is 3.05. The van der Waals surface area contributed by atoms with Gasteiger partial charge in [-0.05, 0) is 24.6 Å². The van der Waals surface area contributed by atoms with Crippen molar-refractivity contribution in [2.75, 3.05) is 13.0 Å². The summed E-state index contributed by atoms with van der Waals surface area (Å²) in [5.41, 5.74) is 1.60. The molecule has 0 aliphatic heterocycles. The van der Waals surface area contributed by atoms with Crippen LogP contribution in [0, 0.1) is 6.92 Å². The third-order valence-electron chi connectivity index (χ3n) is 2.58. The number of rotatable bonds is 4.